The van der Waals surface area contributed by atoms with E-state index in [-0.39, 0.29) is 11.7 Å². The molecule has 0 aliphatic carbocycles. The van der Waals surface area contributed by atoms with E-state index in [0.717, 1.165) is 30.8 Å². The van der Waals surface area contributed by atoms with Crippen molar-refractivity contribution in [2.75, 3.05) is 20.2 Å². The fourth-order valence-corrected chi connectivity index (χ4v) is 3.78. The number of nitrogens with zero attached hydrogens (tertiary/aromatic N) is 1. The van der Waals surface area contributed by atoms with Crippen molar-refractivity contribution in [3.8, 4) is 5.75 Å². The third kappa shape index (κ3) is 2.38. The Labute approximate surface area is 141 Å². The van der Waals surface area contributed by atoms with Gasteiger partial charge in [0.1, 0.15) is 0 Å². The van der Waals surface area contributed by atoms with Gasteiger partial charge in [0.15, 0.2) is 11.6 Å². The molecule has 1 aliphatic heterocycles. The van der Waals surface area contributed by atoms with Gasteiger partial charge in [0.05, 0.1) is 7.11 Å². The van der Waals surface area contributed by atoms with Gasteiger partial charge in [0.2, 0.25) is 0 Å². The van der Waals surface area contributed by atoms with E-state index < -0.39 is 0 Å². The lowest BCUT2D eigenvalue weighted by Gasteiger charge is -2.20. The van der Waals surface area contributed by atoms with Crippen molar-refractivity contribution in [2.45, 2.75) is 19.4 Å². The van der Waals surface area contributed by atoms with Crippen LogP contribution in [0.3, 0.4) is 0 Å². The number of aromatic nitrogens is 1. The first-order chi connectivity index (χ1) is 11.7. The lowest BCUT2D eigenvalue weighted by atomic mass is 9.91. The van der Waals surface area contributed by atoms with Gasteiger partial charge in [-0.15, -0.1) is 0 Å². The van der Waals surface area contributed by atoms with Crippen molar-refractivity contribution in [3.05, 3.63) is 65.1 Å². The monoisotopic (exact) mass is 324 g/mol. The number of halogens is 1. The van der Waals surface area contributed by atoms with Gasteiger partial charge in [-0.25, -0.2) is 4.39 Å². The van der Waals surface area contributed by atoms with E-state index in [0.29, 0.717) is 5.75 Å². The van der Waals surface area contributed by atoms with Crippen molar-refractivity contribution >= 4 is 10.9 Å². The molecule has 24 heavy (non-hydrogen) atoms. The standard InChI is InChI=1S/C20H21FN2O/c1-13-9-20(24-2)17(21)11-15(13)16-12-22-7-8-23-18-6-4-3-5-14(18)10-19(16)23/h3-6,9-11,16,22H,7-8,12H2,1-2H3. The van der Waals surface area contributed by atoms with Gasteiger partial charge in [-0.1, -0.05) is 18.2 Å². The molecule has 0 fully saturated rings. The number of rotatable bonds is 2. The number of nitrogens with one attached hydrogen (secondary N) is 1. The first-order valence-corrected chi connectivity index (χ1v) is 8.32. The minimum atomic E-state index is -0.301. The number of para-hydroxylation sites is 1. The van der Waals surface area contributed by atoms with Gasteiger partial charge in [-0.05, 0) is 47.7 Å². The largest absolute Gasteiger partial charge is 0.494 e. The van der Waals surface area contributed by atoms with Crippen LogP contribution in [-0.2, 0) is 6.54 Å². The van der Waals surface area contributed by atoms with Crippen molar-refractivity contribution in [3.63, 3.8) is 0 Å². The van der Waals surface area contributed by atoms with E-state index in [1.807, 2.05) is 6.92 Å². The fourth-order valence-electron chi connectivity index (χ4n) is 3.78. The molecule has 0 amide bonds. The summed E-state index contributed by atoms with van der Waals surface area (Å²) in [4.78, 5) is 0. The van der Waals surface area contributed by atoms with E-state index in [4.69, 9.17) is 4.74 Å². The Bertz CT molecular complexity index is 900. The Morgan fingerprint density at radius 3 is 2.88 bits per heavy atom. The van der Waals surface area contributed by atoms with Crippen LogP contribution in [0.25, 0.3) is 10.9 Å². The molecular formula is C20H21FN2O. The molecule has 2 aromatic carbocycles. The smallest absolute Gasteiger partial charge is 0.165 e. The minimum absolute atomic E-state index is 0.125. The molecule has 124 valence electrons. The number of methoxy groups -OCH3 is 1. The van der Waals surface area contributed by atoms with E-state index in [1.54, 1.807) is 12.1 Å². The second-order valence-corrected chi connectivity index (χ2v) is 6.38. The van der Waals surface area contributed by atoms with Gasteiger partial charge in [0, 0.05) is 36.8 Å². The molecule has 3 aromatic rings. The topological polar surface area (TPSA) is 26.2 Å². The number of benzene rings is 2. The highest BCUT2D eigenvalue weighted by Crippen LogP contribution is 2.34. The van der Waals surface area contributed by atoms with Crippen LogP contribution < -0.4 is 10.1 Å². The predicted octanol–water partition coefficient (Wildman–Crippen LogP) is 3.83. The second kappa shape index (κ2) is 5.95. The maximum Gasteiger partial charge on any atom is 0.165 e. The van der Waals surface area contributed by atoms with Gasteiger partial charge < -0.3 is 14.6 Å². The molecule has 0 saturated heterocycles. The highest BCUT2D eigenvalue weighted by molar-refractivity contribution is 5.81. The van der Waals surface area contributed by atoms with Crippen molar-refractivity contribution in [2.24, 2.45) is 0 Å². The predicted molar refractivity (Wildman–Crippen MR) is 94.3 cm³/mol. The molecule has 4 rings (SSSR count). The van der Waals surface area contributed by atoms with E-state index >= 15 is 0 Å². The lowest BCUT2D eigenvalue weighted by molar-refractivity contribution is 0.385. The molecule has 2 heterocycles. The molecule has 1 atom stereocenters. The number of hydrogen-bond acceptors (Lipinski definition) is 2. The van der Waals surface area contributed by atoms with Crippen LogP contribution in [0.1, 0.15) is 22.7 Å². The maximum absolute atomic E-state index is 14.3. The first kappa shape index (κ1) is 15.2. The SMILES string of the molecule is COc1cc(C)c(C2CNCCn3c2cc2ccccc23)cc1F. The average molecular weight is 324 g/mol. The molecule has 4 heteroatoms. The van der Waals surface area contributed by atoms with Crippen LogP contribution in [-0.4, -0.2) is 24.8 Å². The average Bonchev–Trinajstić information content (AvgIpc) is 2.83. The Hall–Kier alpha value is -2.33. The van der Waals surface area contributed by atoms with Crippen LogP contribution >= 0.6 is 0 Å². The van der Waals surface area contributed by atoms with Crippen LogP contribution in [0, 0.1) is 12.7 Å². The van der Waals surface area contributed by atoms with Crippen molar-refractivity contribution in [1.82, 2.24) is 9.88 Å². The summed E-state index contributed by atoms with van der Waals surface area (Å²) in [6, 6.07) is 14.1. The zero-order valence-electron chi connectivity index (χ0n) is 14.0. The summed E-state index contributed by atoms with van der Waals surface area (Å²) in [5.41, 5.74) is 4.56. The summed E-state index contributed by atoms with van der Waals surface area (Å²) >= 11 is 0. The number of fused-ring (bicyclic) bond motifs is 3. The van der Waals surface area contributed by atoms with Crippen molar-refractivity contribution < 1.29 is 9.13 Å². The highest BCUT2D eigenvalue weighted by atomic mass is 19.1. The molecule has 1 aliphatic rings. The Morgan fingerprint density at radius 2 is 2.04 bits per heavy atom. The molecule has 1 unspecified atom stereocenters. The number of hydrogen-bond donors (Lipinski definition) is 1. The van der Waals surface area contributed by atoms with Gasteiger partial charge >= 0.3 is 0 Å². The normalized spacial score (nSPS) is 17.5. The fraction of sp³-hybridized carbons (Fsp3) is 0.300. The minimum Gasteiger partial charge on any atom is -0.494 e. The quantitative estimate of drug-likeness (QED) is 0.775. The highest BCUT2D eigenvalue weighted by Gasteiger charge is 2.25. The Morgan fingerprint density at radius 1 is 1.21 bits per heavy atom. The van der Waals surface area contributed by atoms with E-state index in [1.165, 1.54) is 23.7 Å². The van der Waals surface area contributed by atoms with Gasteiger partial charge in [-0.3, -0.25) is 0 Å². The zero-order chi connectivity index (χ0) is 16.7. The first-order valence-electron chi connectivity index (χ1n) is 8.32. The molecule has 1 aromatic heterocycles. The molecule has 3 nitrogen and oxygen atoms in total. The van der Waals surface area contributed by atoms with Crippen LogP contribution in [0.15, 0.2) is 42.5 Å². The van der Waals surface area contributed by atoms with E-state index in [2.05, 4.69) is 40.2 Å². The summed E-state index contributed by atoms with van der Waals surface area (Å²) in [5, 5.41) is 4.74. The second-order valence-electron chi connectivity index (χ2n) is 6.38. The Balaban J connectivity index is 1.89. The number of ether oxygens (including phenoxy) is 1. The molecule has 0 spiro atoms. The molecule has 0 bridgehead atoms. The third-order valence-corrected chi connectivity index (χ3v) is 4.98. The molecule has 0 saturated carbocycles. The Kier molecular flexibility index (Phi) is 3.77. The zero-order valence-corrected chi connectivity index (χ0v) is 14.0. The lowest BCUT2D eigenvalue weighted by Crippen LogP contribution is -2.21. The van der Waals surface area contributed by atoms with Gasteiger partial charge in [0.25, 0.3) is 0 Å². The third-order valence-electron chi connectivity index (χ3n) is 4.98. The molecular weight excluding hydrogens is 303 g/mol. The summed E-state index contributed by atoms with van der Waals surface area (Å²) < 4.78 is 21.8. The maximum atomic E-state index is 14.3. The summed E-state index contributed by atoms with van der Waals surface area (Å²) in [6.45, 7) is 4.68. The van der Waals surface area contributed by atoms with Crippen LogP contribution in [0.4, 0.5) is 4.39 Å². The molecule has 1 N–H and O–H groups in total. The van der Waals surface area contributed by atoms with Crippen LogP contribution in [0.2, 0.25) is 0 Å². The summed E-state index contributed by atoms with van der Waals surface area (Å²) in [6.07, 6.45) is 0. The number of aryl methyl sites for hydroxylation is 1. The molecule has 0 radical (unpaired) electrons. The van der Waals surface area contributed by atoms with Crippen molar-refractivity contribution in [1.29, 1.82) is 0 Å². The van der Waals surface area contributed by atoms with Crippen LogP contribution in [0.5, 0.6) is 5.75 Å². The van der Waals surface area contributed by atoms with Gasteiger partial charge in [-0.2, -0.15) is 0 Å². The summed E-state index contributed by atoms with van der Waals surface area (Å²) in [7, 11) is 1.50. The van der Waals surface area contributed by atoms with E-state index in [9.17, 15) is 4.39 Å². The summed E-state index contributed by atoms with van der Waals surface area (Å²) in [5.74, 6) is 0.128.